The van der Waals surface area contributed by atoms with Crippen molar-refractivity contribution in [2.24, 2.45) is 5.11 Å². The summed E-state index contributed by atoms with van der Waals surface area (Å²) < 4.78 is 4.86. The number of ether oxygens (including phenoxy) is 1. The first-order chi connectivity index (χ1) is 20.8. The van der Waals surface area contributed by atoms with E-state index in [1.54, 1.807) is 36.4 Å². The molecule has 1 heterocycles. The highest BCUT2D eigenvalue weighted by Gasteiger charge is 2.22. The zero-order valence-electron chi connectivity index (χ0n) is 23.5. The molecular weight excluding hydrogens is 550 g/mol. The molecule has 4 rings (SSSR count). The molecule has 220 valence electrons. The Morgan fingerprint density at radius 1 is 0.930 bits per heavy atom. The molecule has 1 aromatic heterocycles. The monoisotopic (exact) mass is 581 g/mol. The van der Waals surface area contributed by atoms with E-state index in [9.17, 15) is 14.4 Å². The summed E-state index contributed by atoms with van der Waals surface area (Å²) in [4.78, 5) is 48.5. The highest BCUT2D eigenvalue weighted by molar-refractivity contribution is 5.97. The molecule has 4 aromatic rings. The van der Waals surface area contributed by atoms with Crippen molar-refractivity contribution in [1.29, 1.82) is 0 Å². The van der Waals surface area contributed by atoms with Crippen LogP contribution in [-0.2, 0) is 22.4 Å². The topological polar surface area (TPSA) is 211 Å². The number of nitrogens with two attached hydrogens (primary N) is 2. The minimum atomic E-state index is -0.878. The second-order valence-corrected chi connectivity index (χ2v) is 9.70. The van der Waals surface area contributed by atoms with Gasteiger partial charge in [0.05, 0.1) is 12.6 Å². The number of benzene rings is 3. The Labute approximate surface area is 247 Å². The van der Waals surface area contributed by atoms with E-state index in [0.717, 1.165) is 29.4 Å². The van der Waals surface area contributed by atoms with E-state index in [1.807, 2.05) is 30.3 Å². The average molecular weight is 582 g/mol. The number of anilines is 2. The number of hydrogen-bond acceptors (Lipinski definition) is 9. The molecule has 0 spiro atoms. The predicted octanol–water partition coefficient (Wildman–Crippen LogP) is 4.00. The molecule has 0 aliphatic carbocycles. The maximum absolute atomic E-state index is 12.9. The molecule has 0 saturated heterocycles. The maximum Gasteiger partial charge on any atom is 0.328 e. The number of carbonyl (C=O) groups excluding carboxylic acids is 3. The minimum absolute atomic E-state index is 0.136. The van der Waals surface area contributed by atoms with Gasteiger partial charge in [-0.2, -0.15) is 4.98 Å². The Morgan fingerprint density at radius 2 is 1.58 bits per heavy atom. The van der Waals surface area contributed by atoms with Crippen LogP contribution in [0.25, 0.3) is 21.3 Å². The first-order valence-corrected chi connectivity index (χ1v) is 13.5. The van der Waals surface area contributed by atoms with Gasteiger partial charge in [0.15, 0.2) is 0 Å². The maximum atomic E-state index is 12.9. The van der Waals surface area contributed by atoms with E-state index >= 15 is 0 Å². The number of carbonyl (C=O) groups is 3. The third-order valence-corrected chi connectivity index (χ3v) is 6.76. The van der Waals surface area contributed by atoms with Crippen LogP contribution in [0.3, 0.4) is 0 Å². The number of methoxy groups -OCH3 is 1. The van der Waals surface area contributed by atoms with Crippen LogP contribution in [0.4, 0.5) is 17.5 Å². The van der Waals surface area contributed by atoms with Crippen molar-refractivity contribution in [3.63, 3.8) is 0 Å². The number of fused-ring (bicyclic) bond motifs is 1. The standard InChI is InChI=1S/C30H31N9O4/c1-43-29(42)25(3-2-16-34-27(40)20-11-13-22(14-12-20)38-39-33)35-28(41)21-9-6-18(7-10-21)4-5-19-8-15-24-23(17-19)26(31)37-30(32)36-24/h6-15,17,25H,2-5,16H2,1H3,(H,34,40)(H,35,41)(H4,31,32,36,37)/t25-/m0/s1. The lowest BCUT2D eigenvalue weighted by Gasteiger charge is -2.17. The van der Waals surface area contributed by atoms with Gasteiger partial charge in [-0.25, -0.2) is 9.78 Å². The van der Waals surface area contributed by atoms with Gasteiger partial charge in [0.25, 0.3) is 11.8 Å². The molecule has 0 unspecified atom stereocenters. The quantitative estimate of drug-likeness (QED) is 0.0629. The number of azide groups is 1. The molecule has 13 heteroatoms. The van der Waals surface area contributed by atoms with Gasteiger partial charge in [-0.1, -0.05) is 35.4 Å². The van der Waals surface area contributed by atoms with Crippen LogP contribution < -0.4 is 22.1 Å². The van der Waals surface area contributed by atoms with Crippen molar-refractivity contribution >= 4 is 46.1 Å². The van der Waals surface area contributed by atoms with Crippen LogP contribution in [0.2, 0.25) is 0 Å². The van der Waals surface area contributed by atoms with Gasteiger partial charge in [0.2, 0.25) is 5.95 Å². The van der Waals surface area contributed by atoms with E-state index in [1.165, 1.54) is 7.11 Å². The van der Waals surface area contributed by atoms with E-state index in [2.05, 4.69) is 30.6 Å². The lowest BCUT2D eigenvalue weighted by atomic mass is 10.0. The van der Waals surface area contributed by atoms with Crippen molar-refractivity contribution in [3.05, 3.63) is 99.4 Å². The van der Waals surface area contributed by atoms with Gasteiger partial charge in [-0.15, -0.1) is 0 Å². The summed E-state index contributed by atoms with van der Waals surface area (Å²) in [6, 6.07) is 18.3. The third-order valence-electron chi connectivity index (χ3n) is 6.76. The number of rotatable bonds is 12. The number of aromatic nitrogens is 2. The average Bonchev–Trinajstić information content (AvgIpc) is 3.01. The van der Waals surface area contributed by atoms with Gasteiger partial charge >= 0.3 is 5.97 Å². The zero-order valence-corrected chi connectivity index (χ0v) is 23.5. The number of nitrogen functional groups attached to an aromatic ring is 2. The number of aryl methyl sites for hydroxylation is 2. The smallest absolute Gasteiger partial charge is 0.328 e. The molecule has 13 nitrogen and oxygen atoms in total. The van der Waals surface area contributed by atoms with Crippen LogP contribution in [0.1, 0.15) is 44.7 Å². The molecule has 0 aliphatic rings. The van der Waals surface area contributed by atoms with Gasteiger partial charge in [-0.05, 0) is 78.7 Å². The fourth-order valence-electron chi connectivity index (χ4n) is 4.46. The van der Waals surface area contributed by atoms with Crippen molar-refractivity contribution < 1.29 is 19.1 Å². The number of esters is 1. The Balaban J connectivity index is 1.27. The molecule has 6 N–H and O–H groups in total. The highest BCUT2D eigenvalue weighted by atomic mass is 16.5. The fourth-order valence-corrected chi connectivity index (χ4v) is 4.46. The van der Waals surface area contributed by atoms with Gasteiger partial charge in [0.1, 0.15) is 11.9 Å². The Morgan fingerprint density at radius 3 is 2.28 bits per heavy atom. The van der Waals surface area contributed by atoms with Crippen molar-refractivity contribution in [2.45, 2.75) is 31.7 Å². The molecule has 43 heavy (non-hydrogen) atoms. The van der Waals surface area contributed by atoms with E-state index in [0.29, 0.717) is 34.6 Å². The second kappa shape index (κ2) is 14.3. The summed E-state index contributed by atoms with van der Waals surface area (Å²) in [6.07, 6.45) is 2.16. The molecule has 1 atom stereocenters. The molecular formula is C30H31N9O4. The zero-order chi connectivity index (χ0) is 30.8. The molecule has 0 aliphatic heterocycles. The lowest BCUT2D eigenvalue weighted by molar-refractivity contribution is -0.143. The molecule has 0 saturated carbocycles. The van der Waals surface area contributed by atoms with Crippen LogP contribution in [0.15, 0.2) is 71.8 Å². The van der Waals surface area contributed by atoms with Crippen molar-refractivity contribution in [3.8, 4) is 0 Å². The third kappa shape index (κ3) is 8.18. The largest absolute Gasteiger partial charge is 0.467 e. The van der Waals surface area contributed by atoms with Crippen molar-refractivity contribution in [2.75, 3.05) is 25.1 Å². The molecule has 3 aromatic carbocycles. The fraction of sp³-hybridized carbons (Fsp3) is 0.233. The van der Waals surface area contributed by atoms with Gasteiger partial charge in [-0.3, -0.25) is 9.59 Å². The summed E-state index contributed by atoms with van der Waals surface area (Å²) in [7, 11) is 1.25. The second-order valence-electron chi connectivity index (χ2n) is 9.70. The van der Waals surface area contributed by atoms with Crippen LogP contribution in [0.5, 0.6) is 0 Å². The normalized spacial score (nSPS) is 11.3. The summed E-state index contributed by atoms with van der Waals surface area (Å²) in [5.41, 5.74) is 24.1. The van der Waals surface area contributed by atoms with Crippen molar-refractivity contribution in [1.82, 2.24) is 20.6 Å². The molecule has 2 amide bonds. The summed E-state index contributed by atoms with van der Waals surface area (Å²) in [6.45, 7) is 0.278. The Hall–Kier alpha value is -5.68. The van der Waals surface area contributed by atoms with Gasteiger partial charge in [0, 0.05) is 33.7 Å². The lowest BCUT2D eigenvalue weighted by Crippen LogP contribution is -2.42. The Kier molecular flexibility index (Phi) is 10.1. The first kappa shape index (κ1) is 30.3. The number of amides is 2. The summed E-state index contributed by atoms with van der Waals surface area (Å²) in [5.74, 6) is -0.818. The van der Waals surface area contributed by atoms with E-state index < -0.39 is 17.9 Å². The minimum Gasteiger partial charge on any atom is -0.467 e. The van der Waals surface area contributed by atoms with Gasteiger partial charge < -0.3 is 26.8 Å². The van der Waals surface area contributed by atoms with Crippen LogP contribution in [0, 0.1) is 0 Å². The number of nitrogens with one attached hydrogen (secondary N) is 2. The number of nitrogens with zero attached hydrogens (tertiary/aromatic N) is 5. The van der Waals surface area contributed by atoms with E-state index in [-0.39, 0.29) is 24.8 Å². The van der Waals surface area contributed by atoms with Crippen LogP contribution in [-0.4, -0.2) is 47.4 Å². The highest BCUT2D eigenvalue weighted by Crippen LogP contribution is 2.21. The summed E-state index contributed by atoms with van der Waals surface area (Å²) in [5, 5.41) is 9.71. The SMILES string of the molecule is COC(=O)[C@H](CCCNC(=O)c1ccc(N=[N+]=[N-])cc1)NC(=O)c1ccc(CCc2ccc3nc(N)nc(N)c3c2)cc1. The van der Waals surface area contributed by atoms with Crippen LogP contribution >= 0.6 is 0 Å². The van der Waals surface area contributed by atoms with E-state index in [4.69, 9.17) is 21.7 Å². The molecule has 0 fully saturated rings. The predicted molar refractivity (Wildman–Crippen MR) is 162 cm³/mol. The number of hydrogen-bond donors (Lipinski definition) is 4. The summed E-state index contributed by atoms with van der Waals surface area (Å²) >= 11 is 0. The first-order valence-electron chi connectivity index (χ1n) is 13.5. The molecule has 0 radical (unpaired) electrons. The molecule has 0 bridgehead atoms. The Bertz CT molecular complexity index is 1670.